The minimum atomic E-state index is -0.120. The highest BCUT2D eigenvalue weighted by atomic mass is 19.1. The fourth-order valence-corrected chi connectivity index (χ4v) is 3.03. The van der Waals surface area contributed by atoms with Crippen molar-refractivity contribution in [1.82, 2.24) is 10.2 Å². The van der Waals surface area contributed by atoms with Crippen molar-refractivity contribution < 1.29 is 4.39 Å². The van der Waals surface area contributed by atoms with E-state index in [2.05, 4.69) is 22.2 Å². The van der Waals surface area contributed by atoms with Gasteiger partial charge in [-0.3, -0.25) is 4.90 Å². The molecule has 1 atom stereocenters. The van der Waals surface area contributed by atoms with Crippen molar-refractivity contribution >= 4 is 5.69 Å². The summed E-state index contributed by atoms with van der Waals surface area (Å²) in [6, 6.07) is 5.63. The Morgan fingerprint density at radius 2 is 2.11 bits per heavy atom. The first-order valence-electron chi connectivity index (χ1n) is 6.68. The topological polar surface area (TPSA) is 18.5 Å². The standard InChI is InChI=1S/C14H20FN3/c1-17-13(10-18-6-4-16-5-7-18)9-11-8-12(15)2-3-14(11)17/h2-3,8,13,16H,4-7,9-10H2,1H3. The molecule has 1 fully saturated rings. The van der Waals surface area contributed by atoms with Crippen LogP contribution in [0.2, 0.25) is 0 Å². The van der Waals surface area contributed by atoms with Gasteiger partial charge in [-0.15, -0.1) is 0 Å². The zero-order chi connectivity index (χ0) is 12.5. The van der Waals surface area contributed by atoms with Crippen molar-refractivity contribution in [2.45, 2.75) is 12.5 Å². The van der Waals surface area contributed by atoms with Gasteiger partial charge < -0.3 is 10.2 Å². The number of nitrogens with one attached hydrogen (secondary N) is 1. The number of hydrogen-bond donors (Lipinski definition) is 1. The molecule has 0 radical (unpaired) electrons. The van der Waals surface area contributed by atoms with Crippen LogP contribution in [0.1, 0.15) is 5.56 Å². The van der Waals surface area contributed by atoms with Crippen molar-refractivity contribution in [2.75, 3.05) is 44.7 Å². The van der Waals surface area contributed by atoms with Crippen LogP contribution >= 0.6 is 0 Å². The summed E-state index contributed by atoms with van der Waals surface area (Å²) in [4.78, 5) is 4.80. The number of hydrogen-bond acceptors (Lipinski definition) is 3. The summed E-state index contributed by atoms with van der Waals surface area (Å²) in [7, 11) is 2.12. The Bertz CT molecular complexity index is 429. The van der Waals surface area contributed by atoms with Gasteiger partial charge in [0.05, 0.1) is 0 Å². The van der Waals surface area contributed by atoms with Crippen LogP contribution in [0.5, 0.6) is 0 Å². The van der Waals surface area contributed by atoms with Gasteiger partial charge in [-0.1, -0.05) is 0 Å². The highest BCUT2D eigenvalue weighted by molar-refractivity contribution is 5.59. The molecule has 18 heavy (non-hydrogen) atoms. The largest absolute Gasteiger partial charge is 0.370 e. The van der Waals surface area contributed by atoms with E-state index in [9.17, 15) is 4.39 Å². The van der Waals surface area contributed by atoms with E-state index in [1.165, 1.54) is 5.69 Å². The van der Waals surface area contributed by atoms with Gasteiger partial charge in [0.1, 0.15) is 5.82 Å². The number of nitrogens with zero attached hydrogens (tertiary/aromatic N) is 2. The molecule has 4 heteroatoms. The number of rotatable bonds is 2. The molecule has 1 N–H and O–H groups in total. The molecule has 1 saturated heterocycles. The summed E-state index contributed by atoms with van der Waals surface area (Å²) in [6.07, 6.45) is 0.966. The molecular formula is C14H20FN3. The molecule has 0 spiro atoms. The van der Waals surface area contributed by atoms with Gasteiger partial charge in [0, 0.05) is 51.5 Å². The van der Waals surface area contributed by atoms with Crippen molar-refractivity contribution in [1.29, 1.82) is 0 Å². The molecule has 0 amide bonds. The Kier molecular flexibility index (Phi) is 3.22. The molecule has 3 rings (SSSR count). The van der Waals surface area contributed by atoms with E-state index in [-0.39, 0.29) is 5.82 Å². The van der Waals surface area contributed by atoms with Crippen LogP contribution in [-0.2, 0) is 6.42 Å². The smallest absolute Gasteiger partial charge is 0.123 e. The van der Waals surface area contributed by atoms with Crippen molar-refractivity contribution in [2.24, 2.45) is 0 Å². The summed E-state index contributed by atoms with van der Waals surface area (Å²) in [5, 5.41) is 3.37. The quantitative estimate of drug-likeness (QED) is 0.846. The molecule has 2 aliphatic rings. The SMILES string of the molecule is CN1c2ccc(F)cc2CC1CN1CCNCC1. The summed E-state index contributed by atoms with van der Waals surface area (Å²) in [6.45, 7) is 5.48. The first-order chi connectivity index (χ1) is 8.74. The van der Waals surface area contributed by atoms with E-state index in [0.29, 0.717) is 6.04 Å². The second-order valence-corrected chi connectivity index (χ2v) is 5.29. The van der Waals surface area contributed by atoms with Crippen LogP contribution in [0, 0.1) is 5.82 Å². The second kappa shape index (κ2) is 4.86. The van der Waals surface area contributed by atoms with Gasteiger partial charge in [-0.2, -0.15) is 0 Å². The van der Waals surface area contributed by atoms with Crippen LogP contribution < -0.4 is 10.2 Å². The maximum absolute atomic E-state index is 13.2. The van der Waals surface area contributed by atoms with Gasteiger partial charge in [0.15, 0.2) is 0 Å². The molecule has 3 nitrogen and oxygen atoms in total. The Labute approximate surface area is 108 Å². The molecule has 2 aliphatic heterocycles. The minimum Gasteiger partial charge on any atom is -0.370 e. The van der Waals surface area contributed by atoms with E-state index in [0.717, 1.165) is 44.7 Å². The molecule has 1 unspecified atom stereocenters. The van der Waals surface area contributed by atoms with Crippen LogP contribution in [0.15, 0.2) is 18.2 Å². The molecular weight excluding hydrogens is 229 g/mol. The first kappa shape index (κ1) is 11.9. The number of anilines is 1. The molecule has 0 aliphatic carbocycles. The molecule has 0 bridgehead atoms. The normalized spacial score (nSPS) is 24.3. The van der Waals surface area contributed by atoms with Crippen LogP contribution in [-0.4, -0.2) is 50.7 Å². The summed E-state index contributed by atoms with van der Waals surface area (Å²) in [5.74, 6) is -0.120. The predicted octanol–water partition coefficient (Wildman–Crippen LogP) is 1.09. The van der Waals surface area contributed by atoms with E-state index >= 15 is 0 Å². The van der Waals surface area contributed by atoms with E-state index in [1.54, 1.807) is 12.1 Å². The van der Waals surface area contributed by atoms with Gasteiger partial charge >= 0.3 is 0 Å². The highest BCUT2D eigenvalue weighted by Gasteiger charge is 2.28. The third kappa shape index (κ3) is 2.22. The molecule has 0 saturated carbocycles. The van der Waals surface area contributed by atoms with Gasteiger partial charge in [0.25, 0.3) is 0 Å². The van der Waals surface area contributed by atoms with E-state index in [4.69, 9.17) is 0 Å². The monoisotopic (exact) mass is 249 g/mol. The second-order valence-electron chi connectivity index (χ2n) is 5.29. The molecule has 2 heterocycles. The lowest BCUT2D eigenvalue weighted by Gasteiger charge is -2.32. The fraction of sp³-hybridized carbons (Fsp3) is 0.571. The molecule has 1 aromatic rings. The molecule has 1 aromatic carbocycles. The Hall–Kier alpha value is -1.13. The lowest BCUT2D eigenvalue weighted by molar-refractivity contribution is 0.227. The third-order valence-electron chi connectivity index (χ3n) is 4.10. The van der Waals surface area contributed by atoms with Crippen molar-refractivity contribution in [3.63, 3.8) is 0 Å². The van der Waals surface area contributed by atoms with E-state index < -0.39 is 0 Å². The Balaban J connectivity index is 1.69. The Morgan fingerprint density at radius 1 is 1.33 bits per heavy atom. The zero-order valence-corrected chi connectivity index (χ0v) is 10.8. The summed E-state index contributed by atoms with van der Waals surface area (Å²) >= 11 is 0. The first-order valence-corrected chi connectivity index (χ1v) is 6.68. The van der Waals surface area contributed by atoms with Gasteiger partial charge in [-0.25, -0.2) is 4.39 Å². The van der Waals surface area contributed by atoms with E-state index in [1.807, 2.05) is 6.07 Å². The van der Waals surface area contributed by atoms with Crippen LogP contribution in [0.3, 0.4) is 0 Å². The number of fused-ring (bicyclic) bond motifs is 1. The summed E-state index contributed by atoms with van der Waals surface area (Å²) < 4.78 is 13.2. The third-order valence-corrected chi connectivity index (χ3v) is 4.10. The number of benzene rings is 1. The maximum atomic E-state index is 13.2. The van der Waals surface area contributed by atoms with Gasteiger partial charge in [0.2, 0.25) is 0 Å². The zero-order valence-electron chi connectivity index (χ0n) is 10.8. The molecule has 98 valence electrons. The fourth-order valence-electron chi connectivity index (χ4n) is 3.03. The number of piperazine rings is 1. The average Bonchev–Trinajstić information content (AvgIpc) is 2.67. The number of likely N-dealkylation sites (N-methyl/N-ethyl adjacent to an activating group) is 1. The molecule has 0 aromatic heterocycles. The van der Waals surface area contributed by atoms with Crippen LogP contribution in [0.25, 0.3) is 0 Å². The van der Waals surface area contributed by atoms with Gasteiger partial charge in [-0.05, 0) is 30.2 Å². The highest BCUT2D eigenvalue weighted by Crippen LogP contribution is 2.31. The predicted molar refractivity (Wildman–Crippen MR) is 71.6 cm³/mol. The maximum Gasteiger partial charge on any atom is 0.123 e. The van der Waals surface area contributed by atoms with Crippen molar-refractivity contribution in [3.05, 3.63) is 29.6 Å². The number of halogens is 1. The van der Waals surface area contributed by atoms with Crippen LogP contribution in [0.4, 0.5) is 10.1 Å². The lowest BCUT2D eigenvalue weighted by Crippen LogP contribution is -2.48. The van der Waals surface area contributed by atoms with Crippen molar-refractivity contribution in [3.8, 4) is 0 Å². The average molecular weight is 249 g/mol. The summed E-state index contributed by atoms with van der Waals surface area (Å²) in [5.41, 5.74) is 2.34. The lowest BCUT2D eigenvalue weighted by atomic mass is 10.1. The Morgan fingerprint density at radius 3 is 2.89 bits per heavy atom. The minimum absolute atomic E-state index is 0.120.